The molecule has 3 heterocycles. The number of sulfonamides is 1. The van der Waals surface area contributed by atoms with E-state index in [0.717, 1.165) is 5.69 Å². The zero-order valence-electron chi connectivity index (χ0n) is 16.9. The van der Waals surface area contributed by atoms with Crippen LogP contribution in [0.2, 0.25) is 0 Å². The number of anilines is 1. The second-order valence-electron chi connectivity index (χ2n) is 8.26. The molecule has 158 valence electrons. The standard InChI is InChI=1S/C20H28N4O4S/c1-3-24-18(25)16-13-23(29(2,27)28)14-17(16)20(24)9-11-22(12-10-20)19(26)21-15-7-5-4-6-8-15/h4-8,16-17H,3,9-14H2,1-2H3,(H,21,26)/t16-,17+/m0/s1. The van der Waals surface area contributed by atoms with Gasteiger partial charge in [0, 0.05) is 44.3 Å². The smallest absolute Gasteiger partial charge is 0.321 e. The number of para-hydroxylation sites is 1. The summed E-state index contributed by atoms with van der Waals surface area (Å²) >= 11 is 0. The molecule has 0 aromatic heterocycles. The van der Waals surface area contributed by atoms with E-state index < -0.39 is 10.0 Å². The molecule has 1 aromatic rings. The van der Waals surface area contributed by atoms with Crippen LogP contribution in [0.1, 0.15) is 19.8 Å². The molecular weight excluding hydrogens is 392 g/mol. The van der Waals surface area contributed by atoms with E-state index in [9.17, 15) is 18.0 Å². The van der Waals surface area contributed by atoms with Gasteiger partial charge in [-0.1, -0.05) is 18.2 Å². The van der Waals surface area contributed by atoms with Gasteiger partial charge in [0.15, 0.2) is 0 Å². The Morgan fingerprint density at radius 3 is 2.41 bits per heavy atom. The molecular formula is C20H28N4O4S. The van der Waals surface area contributed by atoms with E-state index in [4.69, 9.17) is 0 Å². The van der Waals surface area contributed by atoms with Gasteiger partial charge in [0.2, 0.25) is 15.9 Å². The van der Waals surface area contributed by atoms with Gasteiger partial charge in [-0.3, -0.25) is 4.79 Å². The summed E-state index contributed by atoms with van der Waals surface area (Å²) in [4.78, 5) is 29.4. The number of hydrogen-bond donors (Lipinski definition) is 1. The Labute approximate surface area is 171 Å². The number of amides is 3. The summed E-state index contributed by atoms with van der Waals surface area (Å²) in [5.74, 6) is -0.218. The summed E-state index contributed by atoms with van der Waals surface area (Å²) in [6, 6.07) is 9.20. The lowest BCUT2D eigenvalue weighted by Gasteiger charge is -2.47. The number of fused-ring (bicyclic) bond motifs is 2. The number of carbonyl (C=O) groups excluding carboxylic acids is 2. The minimum absolute atomic E-state index is 0.0102. The maximum atomic E-state index is 13.0. The van der Waals surface area contributed by atoms with Gasteiger partial charge in [-0.25, -0.2) is 17.5 Å². The van der Waals surface area contributed by atoms with E-state index in [0.29, 0.717) is 39.0 Å². The van der Waals surface area contributed by atoms with Crippen LogP contribution >= 0.6 is 0 Å². The maximum absolute atomic E-state index is 13.0. The first-order valence-electron chi connectivity index (χ1n) is 10.1. The highest BCUT2D eigenvalue weighted by Gasteiger charge is 2.62. The van der Waals surface area contributed by atoms with Crippen LogP contribution in [0.3, 0.4) is 0 Å². The van der Waals surface area contributed by atoms with Gasteiger partial charge in [-0.05, 0) is 31.9 Å². The number of carbonyl (C=O) groups is 2. The Kier molecular flexibility index (Phi) is 5.06. The summed E-state index contributed by atoms with van der Waals surface area (Å²) in [5, 5.41) is 2.92. The van der Waals surface area contributed by atoms with Crippen molar-refractivity contribution in [2.24, 2.45) is 11.8 Å². The molecule has 29 heavy (non-hydrogen) atoms. The quantitative estimate of drug-likeness (QED) is 0.801. The number of likely N-dealkylation sites (tertiary alicyclic amines) is 2. The topological polar surface area (TPSA) is 90.0 Å². The van der Waals surface area contributed by atoms with Gasteiger partial charge in [0.05, 0.1) is 17.7 Å². The fraction of sp³-hybridized carbons (Fsp3) is 0.600. The van der Waals surface area contributed by atoms with Crippen LogP contribution in [-0.2, 0) is 14.8 Å². The van der Waals surface area contributed by atoms with Crippen LogP contribution in [0.4, 0.5) is 10.5 Å². The van der Waals surface area contributed by atoms with Gasteiger partial charge in [0.25, 0.3) is 0 Å². The van der Waals surface area contributed by atoms with E-state index in [2.05, 4.69) is 5.32 Å². The molecule has 0 bridgehead atoms. The van der Waals surface area contributed by atoms with Crippen LogP contribution in [0.5, 0.6) is 0 Å². The highest BCUT2D eigenvalue weighted by atomic mass is 32.2. The lowest BCUT2D eigenvalue weighted by molar-refractivity contribution is -0.134. The molecule has 3 fully saturated rings. The van der Waals surface area contributed by atoms with Gasteiger partial charge >= 0.3 is 6.03 Å². The van der Waals surface area contributed by atoms with Crippen molar-refractivity contribution < 1.29 is 18.0 Å². The molecule has 0 saturated carbocycles. The van der Waals surface area contributed by atoms with Crippen LogP contribution in [-0.4, -0.2) is 79.0 Å². The van der Waals surface area contributed by atoms with Crippen LogP contribution in [0.25, 0.3) is 0 Å². The molecule has 1 N–H and O–H groups in total. The van der Waals surface area contributed by atoms with Crippen molar-refractivity contribution >= 4 is 27.6 Å². The first-order chi connectivity index (χ1) is 13.8. The molecule has 0 aliphatic carbocycles. The average Bonchev–Trinajstić information content (AvgIpc) is 3.23. The summed E-state index contributed by atoms with van der Waals surface area (Å²) in [7, 11) is -3.32. The van der Waals surface area contributed by atoms with Crippen LogP contribution < -0.4 is 5.32 Å². The first kappa shape index (κ1) is 20.2. The first-order valence-corrected chi connectivity index (χ1v) is 12.0. The largest absolute Gasteiger partial charge is 0.337 e. The van der Waals surface area contributed by atoms with Gasteiger partial charge in [0.1, 0.15) is 0 Å². The van der Waals surface area contributed by atoms with Crippen molar-refractivity contribution in [3.8, 4) is 0 Å². The molecule has 2 atom stereocenters. The molecule has 1 spiro atoms. The number of rotatable bonds is 3. The second-order valence-corrected chi connectivity index (χ2v) is 10.2. The molecule has 4 rings (SSSR count). The van der Waals surface area contributed by atoms with Crippen LogP contribution in [0, 0.1) is 11.8 Å². The zero-order chi connectivity index (χ0) is 20.8. The molecule has 3 saturated heterocycles. The Balaban J connectivity index is 1.49. The van der Waals surface area contributed by atoms with Crippen LogP contribution in [0.15, 0.2) is 30.3 Å². The third-order valence-corrected chi connectivity index (χ3v) is 8.06. The lowest BCUT2D eigenvalue weighted by atomic mass is 9.75. The number of piperidine rings is 1. The second kappa shape index (κ2) is 7.28. The summed E-state index contributed by atoms with van der Waals surface area (Å²) in [5.41, 5.74) is 0.392. The predicted octanol–water partition coefficient (Wildman–Crippen LogP) is 1.42. The van der Waals surface area contributed by atoms with Crippen molar-refractivity contribution in [3.63, 3.8) is 0 Å². The number of urea groups is 1. The molecule has 3 aliphatic rings. The normalized spacial score (nSPS) is 26.8. The van der Waals surface area contributed by atoms with Crippen molar-refractivity contribution in [1.82, 2.24) is 14.1 Å². The van der Waals surface area contributed by atoms with Gasteiger partial charge in [-0.15, -0.1) is 0 Å². The third-order valence-electron chi connectivity index (χ3n) is 6.82. The van der Waals surface area contributed by atoms with E-state index >= 15 is 0 Å². The minimum atomic E-state index is -3.32. The number of hydrogen-bond acceptors (Lipinski definition) is 4. The Morgan fingerprint density at radius 2 is 1.83 bits per heavy atom. The van der Waals surface area contributed by atoms with Crippen molar-refractivity contribution in [2.75, 3.05) is 44.3 Å². The molecule has 0 unspecified atom stereocenters. The summed E-state index contributed by atoms with van der Waals surface area (Å²) in [6.07, 6.45) is 2.56. The third kappa shape index (κ3) is 3.40. The van der Waals surface area contributed by atoms with E-state index in [-0.39, 0.29) is 35.9 Å². The molecule has 3 amide bonds. The van der Waals surface area contributed by atoms with E-state index in [1.807, 2.05) is 42.2 Å². The fourth-order valence-corrected chi connectivity index (χ4v) is 6.25. The van der Waals surface area contributed by atoms with Gasteiger partial charge in [-0.2, -0.15) is 0 Å². The molecule has 0 radical (unpaired) electrons. The highest BCUT2D eigenvalue weighted by molar-refractivity contribution is 7.88. The summed E-state index contributed by atoms with van der Waals surface area (Å²) in [6.45, 7) is 4.35. The predicted molar refractivity (Wildman–Crippen MR) is 110 cm³/mol. The monoisotopic (exact) mass is 420 g/mol. The summed E-state index contributed by atoms with van der Waals surface area (Å²) < 4.78 is 25.5. The minimum Gasteiger partial charge on any atom is -0.337 e. The molecule has 9 heteroatoms. The SMILES string of the molecule is CCN1C(=O)[C@H]2CN(S(C)(=O)=O)C[C@H]2C12CCN(C(=O)Nc1ccccc1)CC2. The molecule has 1 aromatic carbocycles. The van der Waals surface area contributed by atoms with Crippen molar-refractivity contribution in [1.29, 1.82) is 0 Å². The Morgan fingerprint density at radius 1 is 1.17 bits per heavy atom. The average molecular weight is 421 g/mol. The number of nitrogens with one attached hydrogen (secondary N) is 1. The highest BCUT2D eigenvalue weighted by Crippen LogP contribution is 2.50. The fourth-order valence-electron chi connectivity index (χ4n) is 5.39. The molecule has 3 aliphatic heterocycles. The number of nitrogens with zero attached hydrogens (tertiary/aromatic N) is 3. The Hall–Kier alpha value is -2.13. The lowest BCUT2D eigenvalue weighted by Crippen LogP contribution is -2.58. The van der Waals surface area contributed by atoms with E-state index in [1.54, 1.807) is 4.90 Å². The van der Waals surface area contributed by atoms with Crippen molar-refractivity contribution in [2.45, 2.75) is 25.3 Å². The van der Waals surface area contributed by atoms with Crippen molar-refractivity contribution in [3.05, 3.63) is 30.3 Å². The zero-order valence-corrected chi connectivity index (χ0v) is 17.7. The molecule has 8 nitrogen and oxygen atoms in total. The maximum Gasteiger partial charge on any atom is 0.321 e. The van der Waals surface area contributed by atoms with Gasteiger partial charge < -0.3 is 15.1 Å². The van der Waals surface area contributed by atoms with E-state index in [1.165, 1.54) is 10.6 Å². The Bertz CT molecular complexity index is 896. The number of benzene rings is 1.